The van der Waals surface area contributed by atoms with Crippen LogP contribution >= 0.6 is 11.3 Å². The van der Waals surface area contributed by atoms with Crippen LogP contribution in [0.15, 0.2) is 6.20 Å². The highest BCUT2D eigenvalue weighted by molar-refractivity contribution is 7.13. The van der Waals surface area contributed by atoms with E-state index < -0.39 is 5.54 Å². The van der Waals surface area contributed by atoms with Crippen molar-refractivity contribution < 1.29 is 4.79 Å². The second kappa shape index (κ2) is 5.66. The molecule has 0 radical (unpaired) electrons. The van der Waals surface area contributed by atoms with Crippen LogP contribution in [0.1, 0.15) is 40.4 Å². The molecule has 0 aromatic carbocycles. The lowest BCUT2D eigenvalue weighted by Gasteiger charge is -2.36. The minimum Gasteiger partial charge on any atom is -0.326 e. The molecule has 2 atom stereocenters. The third-order valence-corrected chi connectivity index (χ3v) is 4.64. The van der Waals surface area contributed by atoms with E-state index in [-0.39, 0.29) is 11.8 Å². The van der Waals surface area contributed by atoms with Crippen molar-refractivity contribution in [3.05, 3.63) is 16.1 Å². The molecule has 6 heteroatoms. The lowest BCUT2D eigenvalue weighted by atomic mass is 9.76. The molecule has 4 N–H and O–H groups in total. The van der Waals surface area contributed by atoms with Gasteiger partial charge in [-0.2, -0.15) is 0 Å². The molecule has 2 rings (SSSR count). The SMILES string of the molecule is CN(C)Cc1cnc(C(=O)C2(N)CCCCC2N)s1. The van der Waals surface area contributed by atoms with Gasteiger partial charge in [0, 0.05) is 23.7 Å². The zero-order valence-corrected chi connectivity index (χ0v) is 12.4. The van der Waals surface area contributed by atoms with Crippen molar-refractivity contribution in [2.24, 2.45) is 11.5 Å². The Morgan fingerprint density at radius 3 is 2.95 bits per heavy atom. The molecule has 1 aliphatic carbocycles. The van der Waals surface area contributed by atoms with E-state index in [1.54, 1.807) is 6.20 Å². The van der Waals surface area contributed by atoms with Crippen LogP contribution in [0, 0.1) is 0 Å². The Balaban J connectivity index is 2.16. The van der Waals surface area contributed by atoms with Gasteiger partial charge in [-0.3, -0.25) is 4.79 Å². The lowest BCUT2D eigenvalue weighted by molar-refractivity contribution is 0.0822. The molecule has 19 heavy (non-hydrogen) atoms. The highest BCUT2D eigenvalue weighted by Gasteiger charge is 2.43. The second-order valence-electron chi connectivity index (χ2n) is 5.59. The summed E-state index contributed by atoms with van der Waals surface area (Å²) in [6, 6.07) is -0.255. The van der Waals surface area contributed by atoms with Crippen molar-refractivity contribution in [1.29, 1.82) is 0 Å². The number of hydrogen-bond acceptors (Lipinski definition) is 6. The summed E-state index contributed by atoms with van der Waals surface area (Å²) in [6.07, 6.45) is 5.26. The fourth-order valence-corrected chi connectivity index (χ4v) is 3.57. The van der Waals surface area contributed by atoms with E-state index in [1.807, 2.05) is 19.0 Å². The number of hydrogen-bond donors (Lipinski definition) is 2. The first-order valence-electron chi connectivity index (χ1n) is 6.62. The Labute approximate surface area is 118 Å². The van der Waals surface area contributed by atoms with Gasteiger partial charge in [-0.25, -0.2) is 4.98 Å². The summed E-state index contributed by atoms with van der Waals surface area (Å²) in [7, 11) is 3.98. The van der Waals surface area contributed by atoms with Crippen molar-refractivity contribution in [2.75, 3.05) is 14.1 Å². The molecule has 0 bridgehead atoms. The predicted molar refractivity (Wildman–Crippen MR) is 77.2 cm³/mol. The monoisotopic (exact) mass is 282 g/mol. The number of carbonyl (C=O) groups is 1. The topological polar surface area (TPSA) is 85.2 Å². The summed E-state index contributed by atoms with van der Waals surface area (Å²) >= 11 is 1.43. The second-order valence-corrected chi connectivity index (χ2v) is 6.71. The minimum absolute atomic E-state index is 0.0882. The van der Waals surface area contributed by atoms with Gasteiger partial charge in [0.15, 0.2) is 5.01 Å². The maximum atomic E-state index is 12.6. The van der Waals surface area contributed by atoms with E-state index in [2.05, 4.69) is 4.98 Å². The van der Waals surface area contributed by atoms with Gasteiger partial charge < -0.3 is 16.4 Å². The average Bonchev–Trinajstić information content (AvgIpc) is 2.79. The minimum atomic E-state index is -0.925. The first kappa shape index (κ1) is 14.6. The number of Topliss-reactive ketones (excluding diaryl/α,β-unsaturated/α-hetero) is 1. The number of rotatable bonds is 4. The van der Waals surface area contributed by atoms with Gasteiger partial charge in [-0.1, -0.05) is 12.8 Å². The average molecular weight is 282 g/mol. The van der Waals surface area contributed by atoms with Gasteiger partial charge in [-0.15, -0.1) is 11.3 Å². The zero-order valence-electron chi connectivity index (χ0n) is 11.6. The first-order chi connectivity index (χ1) is 8.93. The van der Waals surface area contributed by atoms with E-state index >= 15 is 0 Å². The summed E-state index contributed by atoms with van der Waals surface area (Å²) in [5.74, 6) is -0.0882. The molecule has 1 aliphatic rings. The van der Waals surface area contributed by atoms with Crippen molar-refractivity contribution in [1.82, 2.24) is 9.88 Å². The largest absolute Gasteiger partial charge is 0.326 e. The van der Waals surface area contributed by atoms with Crippen molar-refractivity contribution in [3.63, 3.8) is 0 Å². The normalized spacial score (nSPS) is 27.7. The van der Waals surface area contributed by atoms with Crippen LogP contribution in [0.5, 0.6) is 0 Å². The van der Waals surface area contributed by atoms with Crippen LogP contribution in [0.25, 0.3) is 0 Å². The lowest BCUT2D eigenvalue weighted by Crippen LogP contribution is -2.62. The molecule has 106 valence electrons. The van der Waals surface area contributed by atoms with Crippen molar-refractivity contribution >= 4 is 17.1 Å². The maximum absolute atomic E-state index is 12.6. The van der Waals surface area contributed by atoms with Crippen LogP contribution in [-0.2, 0) is 6.54 Å². The number of ketones is 1. The number of nitrogens with zero attached hydrogens (tertiary/aromatic N) is 2. The van der Waals surface area contributed by atoms with E-state index in [4.69, 9.17) is 11.5 Å². The number of nitrogens with two attached hydrogens (primary N) is 2. The Bertz CT molecular complexity index is 459. The molecule has 0 spiro atoms. The Kier molecular flexibility index (Phi) is 4.35. The standard InChI is InChI=1S/C13H22N4OS/c1-17(2)8-9-7-16-12(19-9)11(18)13(15)6-4-3-5-10(13)14/h7,10H,3-6,8,14-15H2,1-2H3. The third kappa shape index (κ3) is 3.02. The molecular weight excluding hydrogens is 260 g/mol. The zero-order chi connectivity index (χ0) is 14.0. The Morgan fingerprint density at radius 2 is 2.32 bits per heavy atom. The molecule has 2 unspecified atom stereocenters. The van der Waals surface area contributed by atoms with Crippen LogP contribution in [0.2, 0.25) is 0 Å². The van der Waals surface area contributed by atoms with Gasteiger partial charge >= 0.3 is 0 Å². The molecule has 1 aromatic heterocycles. The number of carbonyl (C=O) groups excluding carboxylic acids is 1. The van der Waals surface area contributed by atoms with Gasteiger partial charge in [-0.05, 0) is 26.9 Å². The summed E-state index contributed by atoms with van der Waals surface area (Å²) in [5.41, 5.74) is 11.4. The van der Waals surface area contributed by atoms with Crippen LogP contribution in [0.4, 0.5) is 0 Å². The van der Waals surface area contributed by atoms with E-state index in [0.29, 0.717) is 11.4 Å². The molecule has 1 aromatic rings. The van der Waals surface area contributed by atoms with Crippen LogP contribution in [-0.4, -0.2) is 41.3 Å². The van der Waals surface area contributed by atoms with E-state index in [0.717, 1.165) is 30.7 Å². The van der Waals surface area contributed by atoms with Crippen LogP contribution in [0.3, 0.4) is 0 Å². The fourth-order valence-electron chi connectivity index (χ4n) is 2.50. The summed E-state index contributed by atoms with van der Waals surface area (Å²) in [6.45, 7) is 0.786. The highest BCUT2D eigenvalue weighted by Crippen LogP contribution is 2.29. The predicted octanol–water partition coefficient (Wildman–Crippen LogP) is 0.986. The van der Waals surface area contributed by atoms with Gasteiger partial charge in [0.2, 0.25) is 5.78 Å². The van der Waals surface area contributed by atoms with Crippen LogP contribution < -0.4 is 11.5 Å². The molecular formula is C13H22N4OS. The van der Waals surface area contributed by atoms with Gasteiger partial charge in [0.25, 0.3) is 0 Å². The molecule has 0 saturated heterocycles. The molecule has 1 fully saturated rings. The first-order valence-corrected chi connectivity index (χ1v) is 7.44. The molecule has 0 amide bonds. The molecule has 1 saturated carbocycles. The van der Waals surface area contributed by atoms with Crippen molar-refractivity contribution in [2.45, 2.75) is 43.8 Å². The van der Waals surface area contributed by atoms with Gasteiger partial charge in [0.1, 0.15) is 0 Å². The summed E-state index contributed by atoms with van der Waals surface area (Å²) in [4.78, 5) is 19.9. The van der Waals surface area contributed by atoms with E-state index in [1.165, 1.54) is 11.3 Å². The third-order valence-electron chi connectivity index (χ3n) is 3.66. The smallest absolute Gasteiger partial charge is 0.212 e. The maximum Gasteiger partial charge on any atom is 0.212 e. The number of aromatic nitrogens is 1. The van der Waals surface area contributed by atoms with Gasteiger partial charge in [0.05, 0.1) is 5.54 Å². The molecule has 5 nitrogen and oxygen atoms in total. The molecule has 0 aliphatic heterocycles. The molecule has 1 heterocycles. The highest BCUT2D eigenvalue weighted by atomic mass is 32.1. The Hall–Kier alpha value is -0.820. The van der Waals surface area contributed by atoms with E-state index in [9.17, 15) is 4.79 Å². The summed E-state index contributed by atoms with van der Waals surface area (Å²) < 4.78 is 0. The fraction of sp³-hybridized carbons (Fsp3) is 0.692. The Morgan fingerprint density at radius 1 is 1.58 bits per heavy atom. The quantitative estimate of drug-likeness (QED) is 0.804. The number of thiazole rings is 1. The summed E-state index contributed by atoms with van der Waals surface area (Å²) in [5, 5.41) is 0.497. The van der Waals surface area contributed by atoms with Crippen molar-refractivity contribution in [3.8, 4) is 0 Å².